The van der Waals surface area contributed by atoms with Crippen molar-refractivity contribution in [2.75, 3.05) is 32.8 Å². The quantitative estimate of drug-likeness (QED) is 0.842. The minimum atomic E-state index is -0.225. The molecule has 0 aliphatic carbocycles. The molecule has 0 radical (unpaired) electrons. The fraction of sp³-hybridized carbons (Fsp3) is 0.600. The average Bonchev–Trinajstić information content (AvgIpc) is 2.79. The predicted octanol–water partition coefficient (Wildman–Crippen LogP) is 2.33. The Balaban J connectivity index is 1.90. The number of hydrogen-bond donors (Lipinski definition) is 1. The van der Waals surface area contributed by atoms with Crippen LogP contribution in [0.25, 0.3) is 0 Å². The monoisotopic (exact) mass is 264 g/mol. The highest BCUT2D eigenvalue weighted by molar-refractivity contribution is 5.38. The van der Waals surface area contributed by atoms with E-state index < -0.39 is 0 Å². The molecule has 3 rings (SSSR count). The maximum absolute atomic E-state index is 13.9. The average molecular weight is 264 g/mol. The van der Waals surface area contributed by atoms with Gasteiger partial charge in [-0.15, -0.1) is 0 Å². The van der Waals surface area contributed by atoms with E-state index in [-0.39, 0.29) is 5.82 Å². The van der Waals surface area contributed by atoms with Crippen molar-refractivity contribution in [2.45, 2.75) is 25.3 Å². The second-order valence-corrected chi connectivity index (χ2v) is 5.30. The Bertz CT molecular complexity index is 430. The van der Waals surface area contributed by atoms with E-state index in [0.717, 1.165) is 51.0 Å². The van der Waals surface area contributed by atoms with Crippen LogP contribution < -0.4 is 10.1 Å². The fourth-order valence-electron chi connectivity index (χ4n) is 3.10. The second-order valence-electron chi connectivity index (χ2n) is 5.30. The molecule has 2 heterocycles. The summed E-state index contributed by atoms with van der Waals surface area (Å²) in [6.07, 6.45) is 3.20. The summed E-state index contributed by atoms with van der Waals surface area (Å²) in [5.74, 6) is 0.250. The Labute approximate surface area is 113 Å². The van der Waals surface area contributed by atoms with E-state index in [4.69, 9.17) is 4.74 Å². The summed E-state index contributed by atoms with van der Waals surface area (Å²) in [6.45, 7) is 4.82. The molecule has 0 aromatic heterocycles. The first-order valence-corrected chi connectivity index (χ1v) is 7.22. The van der Waals surface area contributed by atoms with Gasteiger partial charge in [-0.25, -0.2) is 4.39 Å². The number of halogens is 1. The third kappa shape index (κ3) is 2.74. The molecule has 1 saturated heterocycles. The molecule has 0 spiro atoms. The number of ether oxygens (including phenoxy) is 1. The van der Waals surface area contributed by atoms with Crippen LogP contribution in [0.1, 0.15) is 30.9 Å². The van der Waals surface area contributed by atoms with Gasteiger partial charge in [0.25, 0.3) is 0 Å². The van der Waals surface area contributed by atoms with Gasteiger partial charge >= 0.3 is 0 Å². The molecule has 104 valence electrons. The Morgan fingerprint density at radius 1 is 1.21 bits per heavy atom. The van der Waals surface area contributed by atoms with Crippen LogP contribution in [-0.2, 0) is 0 Å². The highest BCUT2D eigenvalue weighted by Gasteiger charge is 2.27. The van der Waals surface area contributed by atoms with Gasteiger partial charge in [-0.3, -0.25) is 4.90 Å². The molecule has 19 heavy (non-hydrogen) atoms. The normalized spacial score (nSPS) is 25.0. The molecule has 3 nitrogen and oxygen atoms in total. The molecule has 0 saturated carbocycles. The lowest BCUT2D eigenvalue weighted by atomic mass is 10.00. The van der Waals surface area contributed by atoms with Crippen LogP contribution in [0.3, 0.4) is 0 Å². The van der Waals surface area contributed by atoms with Crippen LogP contribution in [0.15, 0.2) is 18.2 Å². The van der Waals surface area contributed by atoms with Crippen molar-refractivity contribution in [3.8, 4) is 5.75 Å². The molecule has 1 unspecified atom stereocenters. The zero-order chi connectivity index (χ0) is 13.1. The molecule has 1 atom stereocenters. The van der Waals surface area contributed by atoms with Gasteiger partial charge in [-0.1, -0.05) is 12.1 Å². The van der Waals surface area contributed by atoms with E-state index >= 15 is 0 Å². The number of benzene rings is 1. The van der Waals surface area contributed by atoms with Crippen molar-refractivity contribution in [1.29, 1.82) is 0 Å². The van der Waals surface area contributed by atoms with Gasteiger partial charge in [0, 0.05) is 31.2 Å². The summed E-state index contributed by atoms with van der Waals surface area (Å²) in [7, 11) is 0. The van der Waals surface area contributed by atoms with Crippen molar-refractivity contribution >= 4 is 0 Å². The molecule has 0 amide bonds. The first kappa shape index (κ1) is 12.9. The maximum atomic E-state index is 13.9. The molecular weight excluding hydrogens is 243 g/mol. The highest BCUT2D eigenvalue weighted by Crippen LogP contribution is 2.37. The number of rotatable bonds is 1. The van der Waals surface area contributed by atoms with E-state index in [1.807, 2.05) is 6.07 Å². The molecular formula is C15H21FN2O. The van der Waals surface area contributed by atoms with Crippen molar-refractivity contribution in [2.24, 2.45) is 0 Å². The lowest BCUT2D eigenvalue weighted by molar-refractivity contribution is 0.199. The van der Waals surface area contributed by atoms with Gasteiger partial charge < -0.3 is 10.1 Å². The predicted molar refractivity (Wildman–Crippen MR) is 72.9 cm³/mol. The molecule has 2 aliphatic heterocycles. The lowest BCUT2D eigenvalue weighted by Crippen LogP contribution is -2.32. The zero-order valence-electron chi connectivity index (χ0n) is 11.2. The largest absolute Gasteiger partial charge is 0.490 e. The summed E-state index contributed by atoms with van der Waals surface area (Å²) in [4.78, 5) is 2.48. The molecule has 1 aromatic rings. The SMILES string of the molecule is Fc1cccc2c1OCCCC2N1CCCNCC1. The van der Waals surface area contributed by atoms with E-state index in [9.17, 15) is 4.39 Å². The summed E-state index contributed by atoms with van der Waals surface area (Å²) >= 11 is 0. The molecule has 1 aromatic carbocycles. The van der Waals surface area contributed by atoms with Crippen molar-refractivity contribution in [3.05, 3.63) is 29.6 Å². The van der Waals surface area contributed by atoms with E-state index in [1.165, 1.54) is 6.07 Å². The summed E-state index contributed by atoms with van der Waals surface area (Å²) in [5, 5.41) is 3.42. The topological polar surface area (TPSA) is 24.5 Å². The van der Waals surface area contributed by atoms with Gasteiger partial charge in [-0.2, -0.15) is 0 Å². The molecule has 1 N–H and O–H groups in total. The maximum Gasteiger partial charge on any atom is 0.165 e. The Hall–Kier alpha value is -1.13. The van der Waals surface area contributed by atoms with E-state index in [0.29, 0.717) is 18.4 Å². The highest BCUT2D eigenvalue weighted by atomic mass is 19.1. The molecule has 1 fully saturated rings. The van der Waals surface area contributed by atoms with E-state index in [2.05, 4.69) is 10.2 Å². The third-order valence-electron chi connectivity index (χ3n) is 4.04. The number of para-hydroxylation sites is 1. The zero-order valence-corrected chi connectivity index (χ0v) is 11.2. The van der Waals surface area contributed by atoms with Crippen LogP contribution in [0, 0.1) is 5.82 Å². The number of nitrogens with one attached hydrogen (secondary N) is 1. The van der Waals surface area contributed by atoms with E-state index in [1.54, 1.807) is 6.07 Å². The molecule has 0 bridgehead atoms. The van der Waals surface area contributed by atoms with Crippen molar-refractivity contribution in [1.82, 2.24) is 10.2 Å². The van der Waals surface area contributed by atoms with Crippen LogP contribution in [0.4, 0.5) is 4.39 Å². The van der Waals surface area contributed by atoms with Crippen LogP contribution in [-0.4, -0.2) is 37.7 Å². The minimum absolute atomic E-state index is 0.225. The Morgan fingerprint density at radius 3 is 3.11 bits per heavy atom. The second kappa shape index (κ2) is 5.88. The number of fused-ring (bicyclic) bond motifs is 1. The van der Waals surface area contributed by atoms with Gasteiger partial charge in [0.15, 0.2) is 11.6 Å². The smallest absolute Gasteiger partial charge is 0.165 e. The van der Waals surface area contributed by atoms with Gasteiger partial charge in [0.2, 0.25) is 0 Å². The standard InChI is InChI=1S/C15H21FN2O/c16-13-5-1-4-12-14(6-2-11-19-15(12)13)18-9-3-7-17-8-10-18/h1,4-5,14,17H,2-3,6-11H2. The van der Waals surface area contributed by atoms with Gasteiger partial charge in [0.05, 0.1) is 6.61 Å². The lowest BCUT2D eigenvalue weighted by Gasteiger charge is -2.30. The van der Waals surface area contributed by atoms with Crippen LogP contribution in [0.5, 0.6) is 5.75 Å². The van der Waals surface area contributed by atoms with Crippen molar-refractivity contribution < 1.29 is 9.13 Å². The van der Waals surface area contributed by atoms with Gasteiger partial charge in [0.1, 0.15) is 0 Å². The molecule has 2 aliphatic rings. The first-order chi connectivity index (χ1) is 9.36. The third-order valence-corrected chi connectivity index (χ3v) is 4.04. The van der Waals surface area contributed by atoms with Crippen LogP contribution >= 0.6 is 0 Å². The minimum Gasteiger partial charge on any atom is -0.490 e. The molecule has 4 heteroatoms. The Kier molecular flexibility index (Phi) is 3.99. The fourth-order valence-corrected chi connectivity index (χ4v) is 3.10. The van der Waals surface area contributed by atoms with Crippen molar-refractivity contribution in [3.63, 3.8) is 0 Å². The van der Waals surface area contributed by atoms with Crippen LogP contribution in [0.2, 0.25) is 0 Å². The summed E-state index contributed by atoms with van der Waals surface area (Å²) < 4.78 is 19.5. The number of hydrogen-bond acceptors (Lipinski definition) is 3. The van der Waals surface area contributed by atoms with Gasteiger partial charge in [-0.05, 0) is 31.9 Å². The summed E-state index contributed by atoms with van der Waals surface area (Å²) in [5.41, 5.74) is 1.03. The Morgan fingerprint density at radius 2 is 2.16 bits per heavy atom. The first-order valence-electron chi connectivity index (χ1n) is 7.22. The summed E-state index contributed by atoms with van der Waals surface area (Å²) in [6, 6.07) is 5.61. The number of nitrogens with zero attached hydrogens (tertiary/aromatic N) is 1.